The molecule has 0 radical (unpaired) electrons. The lowest BCUT2D eigenvalue weighted by Gasteiger charge is -2.30. The molecular weight excluding hydrogens is 230 g/mol. The minimum Gasteiger partial charge on any atom is -0.507 e. The zero-order valence-corrected chi connectivity index (χ0v) is 10.8. The number of phenols is 1. The first-order chi connectivity index (χ1) is 8.69. The molecule has 1 aliphatic heterocycles. The minimum absolute atomic E-state index is 0.216. The summed E-state index contributed by atoms with van der Waals surface area (Å²) in [6.07, 6.45) is 1.68. The molecule has 0 aromatic heterocycles. The molecule has 1 saturated heterocycles. The summed E-state index contributed by atoms with van der Waals surface area (Å²) < 4.78 is 5.12. The second-order valence-corrected chi connectivity index (χ2v) is 4.43. The SMILES string of the molecule is COc1ccc(O)c(/C=N/N2CCN(C)CC2)c1. The van der Waals surface area contributed by atoms with E-state index in [4.69, 9.17) is 4.74 Å². The number of phenolic OH excluding ortho intramolecular Hbond substituents is 1. The van der Waals surface area contributed by atoms with Gasteiger partial charge in [0.15, 0.2) is 0 Å². The summed E-state index contributed by atoms with van der Waals surface area (Å²) in [6, 6.07) is 5.11. The van der Waals surface area contributed by atoms with Gasteiger partial charge in [-0.2, -0.15) is 5.10 Å². The topological polar surface area (TPSA) is 48.3 Å². The van der Waals surface area contributed by atoms with Gasteiger partial charge in [0.2, 0.25) is 0 Å². The Balaban J connectivity index is 2.04. The number of nitrogens with zero attached hydrogens (tertiary/aromatic N) is 3. The largest absolute Gasteiger partial charge is 0.507 e. The number of hydrazone groups is 1. The number of benzene rings is 1. The van der Waals surface area contributed by atoms with Crippen molar-refractivity contribution < 1.29 is 9.84 Å². The molecule has 0 bridgehead atoms. The highest BCUT2D eigenvalue weighted by atomic mass is 16.5. The Morgan fingerprint density at radius 2 is 2.00 bits per heavy atom. The number of hydrogen-bond acceptors (Lipinski definition) is 5. The van der Waals surface area contributed by atoms with Crippen molar-refractivity contribution in [3.63, 3.8) is 0 Å². The van der Waals surface area contributed by atoms with Gasteiger partial charge in [-0.25, -0.2) is 0 Å². The zero-order chi connectivity index (χ0) is 13.0. The molecule has 1 fully saturated rings. The molecule has 0 amide bonds. The van der Waals surface area contributed by atoms with E-state index in [-0.39, 0.29) is 5.75 Å². The molecule has 2 rings (SSSR count). The second-order valence-electron chi connectivity index (χ2n) is 4.43. The third kappa shape index (κ3) is 3.13. The monoisotopic (exact) mass is 249 g/mol. The van der Waals surface area contributed by atoms with Crippen molar-refractivity contribution in [1.29, 1.82) is 0 Å². The molecule has 5 heteroatoms. The van der Waals surface area contributed by atoms with Crippen LogP contribution in [0.5, 0.6) is 11.5 Å². The molecule has 1 aliphatic rings. The van der Waals surface area contributed by atoms with Crippen LogP contribution in [0.15, 0.2) is 23.3 Å². The molecule has 0 saturated carbocycles. The van der Waals surface area contributed by atoms with Crippen LogP contribution < -0.4 is 4.74 Å². The highest BCUT2D eigenvalue weighted by Crippen LogP contribution is 2.21. The summed E-state index contributed by atoms with van der Waals surface area (Å²) in [5, 5.41) is 16.1. The molecule has 98 valence electrons. The first kappa shape index (κ1) is 12.7. The van der Waals surface area contributed by atoms with E-state index >= 15 is 0 Å². The highest BCUT2D eigenvalue weighted by Gasteiger charge is 2.11. The summed E-state index contributed by atoms with van der Waals surface area (Å²) >= 11 is 0. The number of piperazine rings is 1. The lowest BCUT2D eigenvalue weighted by Crippen LogP contribution is -2.41. The van der Waals surface area contributed by atoms with Gasteiger partial charge in [-0.05, 0) is 25.2 Å². The van der Waals surface area contributed by atoms with Gasteiger partial charge in [-0.1, -0.05) is 0 Å². The Labute approximate surface area is 107 Å². The number of methoxy groups -OCH3 is 1. The predicted molar refractivity (Wildman–Crippen MR) is 71.3 cm³/mol. The molecule has 0 spiro atoms. The fourth-order valence-electron chi connectivity index (χ4n) is 1.82. The zero-order valence-electron chi connectivity index (χ0n) is 10.8. The van der Waals surface area contributed by atoms with Gasteiger partial charge in [0.05, 0.1) is 13.3 Å². The van der Waals surface area contributed by atoms with Crippen molar-refractivity contribution in [3.8, 4) is 11.5 Å². The van der Waals surface area contributed by atoms with Crippen LogP contribution in [0.4, 0.5) is 0 Å². The Morgan fingerprint density at radius 1 is 1.28 bits per heavy atom. The molecule has 1 aromatic carbocycles. The summed E-state index contributed by atoms with van der Waals surface area (Å²) in [5.74, 6) is 0.932. The standard InChI is InChI=1S/C13H19N3O2/c1-15-5-7-16(8-6-15)14-10-11-9-12(18-2)3-4-13(11)17/h3-4,9-10,17H,5-8H2,1-2H3/b14-10+. The molecule has 1 N–H and O–H groups in total. The van der Waals surface area contributed by atoms with Crippen molar-refractivity contribution in [2.45, 2.75) is 0 Å². The van der Waals surface area contributed by atoms with Gasteiger partial charge in [-0.3, -0.25) is 5.01 Å². The fourth-order valence-corrected chi connectivity index (χ4v) is 1.82. The van der Waals surface area contributed by atoms with Crippen LogP contribution in [0.25, 0.3) is 0 Å². The molecule has 0 unspecified atom stereocenters. The Bertz CT molecular complexity index is 426. The average molecular weight is 249 g/mol. The summed E-state index contributed by atoms with van der Waals surface area (Å²) in [6.45, 7) is 3.86. The number of rotatable bonds is 3. The molecule has 5 nitrogen and oxygen atoms in total. The summed E-state index contributed by atoms with van der Waals surface area (Å²) in [4.78, 5) is 2.27. The van der Waals surface area contributed by atoms with E-state index in [2.05, 4.69) is 17.0 Å². The van der Waals surface area contributed by atoms with Crippen molar-refractivity contribution in [1.82, 2.24) is 9.91 Å². The minimum atomic E-state index is 0.216. The number of aromatic hydroxyl groups is 1. The van der Waals surface area contributed by atoms with E-state index in [0.717, 1.165) is 26.2 Å². The Kier molecular flexibility index (Phi) is 4.04. The van der Waals surface area contributed by atoms with E-state index in [9.17, 15) is 5.11 Å². The average Bonchev–Trinajstić information content (AvgIpc) is 2.40. The van der Waals surface area contributed by atoms with Gasteiger partial charge in [-0.15, -0.1) is 0 Å². The lowest BCUT2D eigenvalue weighted by molar-refractivity contribution is 0.159. The molecule has 1 aromatic rings. The van der Waals surface area contributed by atoms with Crippen LogP contribution in [0.2, 0.25) is 0 Å². The number of hydrogen-bond donors (Lipinski definition) is 1. The lowest BCUT2D eigenvalue weighted by atomic mass is 10.2. The van der Waals surface area contributed by atoms with Gasteiger partial charge >= 0.3 is 0 Å². The van der Waals surface area contributed by atoms with Crippen LogP contribution >= 0.6 is 0 Å². The van der Waals surface area contributed by atoms with E-state index < -0.39 is 0 Å². The van der Waals surface area contributed by atoms with E-state index in [1.54, 1.807) is 31.5 Å². The van der Waals surface area contributed by atoms with Crippen LogP contribution in [0.3, 0.4) is 0 Å². The van der Waals surface area contributed by atoms with Crippen molar-refractivity contribution in [2.24, 2.45) is 5.10 Å². The van der Waals surface area contributed by atoms with Crippen LogP contribution in [-0.2, 0) is 0 Å². The van der Waals surface area contributed by atoms with Crippen molar-refractivity contribution in [2.75, 3.05) is 40.3 Å². The molecule has 18 heavy (non-hydrogen) atoms. The fraction of sp³-hybridized carbons (Fsp3) is 0.462. The molecule has 0 atom stereocenters. The maximum absolute atomic E-state index is 9.73. The predicted octanol–water partition coefficient (Wildman–Crippen LogP) is 0.982. The van der Waals surface area contributed by atoms with Gasteiger partial charge in [0, 0.05) is 31.7 Å². The molecule has 0 aliphatic carbocycles. The smallest absolute Gasteiger partial charge is 0.124 e. The Morgan fingerprint density at radius 3 is 2.67 bits per heavy atom. The maximum Gasteiger partial charge on any atom is 0.124 e. The van der Waals surface area contributed by atoms with Gasteiger partial charge in [0.25, 0.3) is 0 Å². The number of likely N-dealkylation sites (N-methyl/N-ethyl adjacent to an activating group) is 1. The number of ether oxygens (including phenoxy) is 1. The molecule has 1 heterocycles. The Hall–Kier alpha value is -1.75. The van der Waals surface area contributed by atoms with E-state index in [1.165, 1.54) is 0 Å². The van der Waals surface area contributed by atoms with Crippen molar-refractivity contribution in [3.05, 3.63) is 23.8 Å². The van der Waals surface area contributed by atoms with Gasteiger partial charge in [0.1, 0.15) is 11.5 Å². The quantitative estimate of drug-likeness (QED) is 0.811. The van der Waals surface area contributed by atoms with E-state index in [1.807, 2.05) is 5.01 Å². The summed E-state index contributed by atoms with van der Waals surface area (Å²) in [7, 11) is 3.71. The first-order valence-corrected chi connectivity index (χ1v) is 6.03. The molecular formula is C13H19N3O2. The summed E-state index contributed by atoms with van der Waals surface area (Å²) in [5.41, 5.74) is 0.674. The third-order valence-corrected chi connectivity index (χ3v) is 3.07. The van der Waals surface area contributed by atoms with Crippen LogP contribution in [-0.4, -0.2) is 61.6 Å². The van der Waals surface area contributed by atoms with E-state index in [0.29, 0.717) is 11.3 Å². The normalized spacial score (nSPS) is 17.3. The van der Waals surface area contributed by atoms with Crippen LogP contribution in [0, 0.1) is 0 Å². The van der Waals surface area contributed by atoms with Gasteiger partial charge < -0.3 is 14.7 Å². The first-order valence-electron chi connectivity index (χ1n) is 6.03. The highest BCUT2D eigenvalue weighted by molar-refractivity contribution is 5.83. The second kappa shape index (κ2) is 5.73. The maximum atomic E-state index is 9.73. The van der Waals surface area contributed by atoms with Crippen molar-refractivity contribution >= 4 is 6.21 Å². The third-order valence-electron chi connectivity index (χ3n) is 3.07. The van der Waals surface area contributed by atoms with Crippen LogP contribution in [0.1, 0.15) is 5.56 Å².